The van der Waals surface area contributed by atoms with Crippen LogP contribution in [0.2, 0.25) is 0 Å². The zero-order valence-electron chi connectivity index (χ0n) is 7.98. The van der Waals surface area contributed by atoms with E-state index in [4.69, 9.17) is 0 Å². The Kier molecular flexibility index (Phi) is 2.68. The van der Waals surface area contributed by atoms with E-state index in [1.165, 1.54) is 13.3 Å². The number of hydrogen-bond acceptors (Lipinski definition) is 4. The van der Waals surface area contributed by atoms with Crippen molar-refractivity contribution >= 4 is 27.5 Å². The van der Waals surface area contributed by atoms with Gasteiger partial charge in [-0.05, 0) is 0 Å². The van der Waals surface area contributed by atoms with Gasteiger partial charge in [-0.25, -0.2) is 14.3 Å². The molecule has 2 rings (SSSR count). The molecule has 0 saturated heterocycles. The number of rotatable bonds is 2. The lowest BCUT2D eigenvalue weighted by Gasteiger charge is -2.06. The summed E-state index contributed by atoms with van der Waals surface area (Å²) in [6.45, 7) is 0. The fourth-order valence-electron chi connectivity index (χ4n) is 1.33. The second kappa shape index (κ2) is 3.98. The minimum Gasteiger partial charge on any atom is -0.465 e. The predicted molar refractivity (Wildman–Crippen MR) is 57.0 cm³/mol. The van der Waals surface area contributed by atoms with E-state index in [0.717, 1.165) is 5.69 Å². The van der Waals surface area contributed by atoms with E-state index in [9.17, 15) is 4.79 Å². The maximum absolute atomic E-state index is 11.4. The molecule has 0 aliphatic carbocycles. The number of hydrogen-bond donors (Lipinski definition) is 0. The number of ether oxygens (including phenoxy) is 1. The summed E-state index contributed by atoms with van der Waals surface area (Å²) in [5, 5.41) is 4.60. The quantitative estimate of drug-likeness (QED) is 0.611. The van der Waals surface area contributed by atoms with Crippen LogP contribution in [0, 0.1) is 0 Å². The maximum atomic E-state index is 11.4. The molecule has 0 saturated carbocycles. The van der Waals surface area contributed by atoms with Crippen molar-refractivity contribution in [3.05, 3.63) is 29.7 Å². The van der Waals surface area contributed by atoms with Crippen molar-refractivity contribution in [3.8, 4) is 0 Å². The Morgan fingerprint density at radius 2 is 2.47 bits per heavy atom. The molecule has 2 aromatic rings. The highest BCUT2D eigenvalue weighted by molar-refractivity contribution is 9.08. The van der Waals surface area contributed by atoms with Gasteiger partial charge in [0.25, 0.3) is 0 Å². The van der Waals surface area contributed by atoms with E-state index in [-0.39, 0.29) is 0 Å². The lowest BCUT2D eigenvalue weighted by Crippen LogP contribution is -2.10. The standard InChI is InChI=1S/C9H8BrN3O2/c1-15-9(14)6-5-11-8-2-3-12-13(8)7(6)4-10/h2-3,5H,4H2,1H3. The molecule has 0 N–H and O–H groups in total. The summed E-state index contributed by atoms with van der Waals surface area (Å²) >= 11 is 3.32. The van der Waals surface area contributed by atoms with Gasteiger partial charge in [0.2, 0.25) is 0 Å². The normalized spacial score (nSPS) is 10.5. The summed E-state index contributed by atoms with van der Waals surface area (Å²) in [6.07, 6.45) is 3.13. The van der Waals surface area contributed by atoms with Crippen molar-refractivity contribution in [3.63, 3.8) is 0 Å². The molecule has 0 fully saturated rings. The first-order valence-corrected chi connectivity index (χ1v) is 5.36. The number of carbonyl (C=O) groups excluding carboxylic acids is 1. The van der Waals surface area contributed by atoms with Crippen molar-refractivity contribution in [1.82, 2.24) is 14.6 Å². The summed E-state index contributed by atoms with van der Waals surface area (Å²) in [7, 11) is 1.34. The SMILES string of the molecule is COC(=O)c1cnc2ccnn2c1CBr. The van der Waals surface area contributed by atoms with Gasteiger partial charge >= 0.3 is 5.97 Å². The molecule has 0 atom stereocenters. The third-order valence-corrected chi connectivity index (χ3v) is 2.58. The Bertz CT molecular complexity index is 509. The van der Waals surface area contributed by atoms with E-state index in [1.807, 2.05) is 0 Å². The molecule has 2 aromatic heterocycles. The monoisotopic (exact) mass is 269 g/mol. The molecule has 0 unspecified atom stereocenters. The Morgan fingerprint density at radius 3 is 3.13 bits per heavy atom. The Morgan fingerprint density at radius 1 is 1.67 bits per heavy atom. The molecule has 0 radical (unpaired) electrons. The molecule has 0 aliphatic rings. The number of fused-ring (bicyclic) bond motifs is 1. The fraction of sp³-hybridized carbons (Fsp3) is 0.222. The van der Waals surface area contributed by atoms with Crippen LogP contribution in [0.4, 0.5) is 0 Å². The fourth-order valence-corrected chi connectivity index (χ4v) is 1.87. The highest BCUT2D eigenvalue weighted by Gasteiger charge is 2.15. The van der Waals surface area contributed by atoms with Gasteiger partial charge in [-0.1, -0.05) is 15.9 Å². The number of esters is 1. The third-order valence-electron chi connectivity index (χ3n) is 2.05. The summed E-state index contributed by atoms with van der Waals surface area (Å²) in [5.41, 5.74) is 1.86. The van der Waals surface area contributed by atoms with Crippen LogP contribution >= 0.6 is 15.9 Å². The lowest BCUT2D eigenvalue weighted by molar-refractivity contribution is 0.0598. The molecule has 0 amide bonds. The first-order valence-electron chi connectivity index (χ1n) is 4.24. The highest BCUT2D eigenvalue weighted by Crippen LogP contribution is 2.14. The molecule has 5 nitrogen and oxygen atoms in total. The third kappa shape index (κ3) is 1.61. The number of methoxy groups -OCH3 is 1. The smallest absolute Gasteiger partial charge is 0.341 e. The van der Waals surface area contributed by atoms with Gasteiger partial charge in [-0.15, -0.1) is 0 Å². The lowest BCUT2D eigenvalue weighted by atomic mass is 10.2. The minimum absolute atomic E-state index is 0.408. The van der Waals surface area contributed by atoms with Crippen molar-refractivity contribution in [1.29, 1.82) is 0 Å². The summed E-state index contributed by atoms with van der Waals surface area (Å²) in [5.74, 6) is -0.408. The van der Waals surface area contributed by atoms with Crippen molar-refractivity contribution < 1.29 is 9.53 Å². The Labute approximate surface area is 94.2 Å². The van der Waals surface area contributed by atoms with Crippen LogP contribution in [0.3, 0.4) is 0 Å². The molecule has 78 valence electrons. The zero-order chi connectivity index (χ0) is 10.8. The van der Waals surface area contributed by atoms with Crippen LogP contribution in [0.25, 0.3) is 5.65 Å². The van der Waals surface area contributed by atoms with E-state index in [0.29, 0.717) is 16.5 Å². The number of aromatic nitrogens is 3. The maximum Gasteiger partial charge on any atom is 0.341 e. The molecule has 15 heavy (non-hydrogen) atoms. The summed E-state index contributed by atoms with van der Waals surface area (Å²) in [6, 6.07) is 1.77. The zero-order valence-corrected chi connectivity index (χ0v) is 9.56. The number of alkyl halides is 1. The molecular formula is C9H8BrN3O2. The van der Waals surface area contributed by atoms with E-state index in [2.05, 4.69) is 30.7 Å². The van der Waals surface area contributed by atoms with E-state index >= 15 is 0 Å². The van der Waals surface area contributed by atoms with Gasteiger partial charge in [0.1, 0.15) is 5.56 Å². The molecule has 6 heteroatoms. The van der Waals surface area contributed by atoms with Gasteiger partial charge in [-0.2, -0.15) is 5.10 Å². The molecule has 0 aliphatic heterocycles. The summed E-state index contributed by atoms with van der Waals surface area (Å²) in [4.78, 5) is 15.5. The van der Waals surface area contributed by atoms with Crippen LogP contribution in [-0.2, 0) is 10.1 Å². The van der Waals surface area contributed by atoms with Gasteiger partial charge in [0, 0.05) is 17.6 Å². The van der Waals surface area contributed by atoms with Crippen LogP contribution in [0.1, 0.15) is 16.1 Å². The molecule has 2 heterocycles. The van der Waals surface area contributed by atoms with Crippen molar-refractivity contribution in [2.45, 2.75) is 5.33 Å². The average molecular weight is 270 g/mol. The number of carbonyl (C=O) groups is 1. The largest absolute Gasteiger partial charge is 0.465 e. The van der Waals surface area contributed by atoms with Crippen LogP contribution in [0.5, 0.6) is 0 Å². The molecular weight excluding hydrogens is 262 g/mol. The van der Waals surface area contributed by atoms with E-state index in [1.54, 1.807) is 16.8 Å². The Balaban J connectivity index is 2.69. The van der Waals surface area contributed by atoms with Crippen molar-refractivity contribution in [2.75, 3.05) is 7.11 Å². The first-order chi connectivity index (χ1) is 7.27. The second-order valence-electron chi connectivity index (χ2n) is 2.84. The first kappa shape index (κ1) is 10.1. The molecule has 0 spiro atoms. The second-order valence-corrected chi connectivity index (χ2v) is 3.41. The topological polar surface area (TPSA) is 56.5 Å². The van der Waals surface area contributed by atoms with Gasteiger partial charge in [-0.3, -0.25) is 0 Å². The van der Waals surface area contributed by atoms with Crippen LogP contribution in [-0.4, -0.2) is 27.7 Å². The minimum atomic E-state index is -0.408. The molecule has 0 aromatic carbocycles. The predicted octanol–water partition coefficient (Wildman–Crippen LogP) is 1.41. The van der Waals surface area contributed by atoms with Crippen LogP contribution < -0.4 is 0 Å². The van der Waals surface area contributed by atoms with Gasteiger partial charge in [0.05, 0.1) is 19.0 Å². The molecule has 0 bridgehead atoms. The Hall–Kier alpha value is -1.43. The van der Waals surface area contributed by atoms with Crippen LogP contribution in [0.15, 0.2) is 18.5 Å². The summed E-state index contributed by atoms with van der Waals surface area (Å²) < 4.78 is 6.28. The average Bonchev–Trinajstić information content (AvgIpc) is 2.74. The highest BCUT2D eigenvalue weighted by atomic mass is 79.9. The van der Waals surface area contributed by atoms with E-state index < -0.39 is 5.97 Å². The number of halogens is 1. The van der Waals surface area contributed by atoms with Gasteiger partial charge < -0.3 is 4.74 Å². The van der Waals surface area contributed by atoms with Crippen molar-refractivity contribution in [2.24, 2.45) is 0 Å². The van der Waals surface area contributed by atoms with Gasteiger partial charge in [0.15, 0.2) is 5.65 Å². The number of nitrogens with zero attached hydrogens (tertiary/aromatic N) is 3.